The van der Waals surface area contributed by atoms with Gasteiger partial charge < -0.3 is 14.8 Å². The second kappa shape index (κ2) is 5.38. The molecule has 0 amide bonds. The molecule has 2 aliphatic rings. The van der Waals surface area contributed by atoms with Gasteiger partial charge in [-0.2, -0.15) is 0 Å². The lowest BCUT2D eigenvalue weighted by molar-refractivity contribution is -0.00342. The van der Waals surface area contributed by atoms with Gasteiger partial charge in [-0.05, 0) is 37.3 Å². The first kappa shape index (κ1) is 15.3. The van der Waals surface area contributed by atoms with Gasteiger partial charge in [0.1, 0.15) is 11.5 Å². The number of hydrogen-bond donors (Lipinski definition) is 1. The van der Waals surface area contributed by atoms with E-state index in [0.717, 1.165) is 22.7 Å². The molecule has 2 aromatic carbocycles. The number of ether oxygens (including phenoxy) is 2. The Balaban J connectivity index is 1.88. The summed E-state index contributed by atoms with van der Waals surface area (Å²) in [5.41, 5.74) is 1.48. The van der Waals surface area contributed by atoms with Crippen molar-refractivity contribution in [3.05, 3.63) is 54.1 Å². The Labute approximate surface area is 147 Å². The lowest BCUT2D eigenvalue weighted by Gasteiger charge is -2.56. The highest BCUT2D eigenvalue weighted by molar-refractivity contribution is 7.80. The Hall–Kier alpha value is -2.27. The van der Waals surface area contributed by atoms with Crippen LogP contribution in [0.2, 0.25) is 0 Å². The Morgan fingerprint density at radius 3 is 2.67 bits per heavy atom. The first-order chi connectivity index (χ1) is 11.6. The van der Waals surface area contributed by atoms with E-state index in [1.807, 2.05) is 47.4 Å². The Morgan fingerprint density at radius 2 is 1.88 bits per heavy atom. The van der Waals surface area contributed by atoms with E-state index in [1.54, 1.807) is 7.11 Å². The summed E-state index contributed by atoms with van der Waals surface area (Å²) in [4.78, 5) is 2.04. The molecule has 0 spiro atoms. The fraction of sp³-hybridized carbons (Fsp3) is 0.316. The third kappa shape index (κ3) is 2.01. The molecule has 124 valence electrons. The highest BCUT2D eigenvalue weighted by atomic mass is 32.1. The van der Waals surface area contributed by atoms with Crippen LogP contribution in [0, 0.1) is 5.92 Å². The van der Waals surface area contributed by atoms with Gasteiger partial charge in [0.05, 0.1) is 18.8 Å². The monoisotopic (exact) mass is 340 g/mol. The summed E-state index contributed by atoms with van der Waals surface area (Å²) < 4.78 is 12.0. The average Bonchev–Trinajstić information content (AvgIpc) is 2.58. The summed E-state index contributed by atoms with van der Waals surface area (Å²) in [5, 5.41) is 4.15. The summed E-state index contributed by atoms with van der Waals surface area (Å²) in [6.45, 7) is 4.29. The number of nitrogens with zero attached hydrogens (tertiary/aromatic N) is 1. The highest BCUT2D eigenvalue weighted by Gasteiger charge is 2.54. The summed E-state index contributed by atoms with van der Waals surface area (Å²) in [5.74, 6) is 1.87. The zero-order valence-electron chi connectivity index (χ0n) is 13.9. The second-order valence-electron chi connectivity index (χ2n) is 6.42. The molecule has 3 atom stereocenters. The number of rotatable bonds is 2. The number of nitrogens with one attached hydrogen (secondary N) is 1. The van der Waals surface area contributed by atoms with Crippen LogP contribution in [0.4, 0.5) is 5.69 Å². The fourth-order valence-electron chi connectivity index (χ4n) is 3.74. The SMILES string of the molecule is COc1ccccc1N1C(=S)N[C@@H]2c3ccccc3O[C@@]1(C)[C@H]2C. The molecule has 2 heterocycles. The van der Waals surface area contributed by atoms with Crippen molar-refractivity contribution in [1.82, 2.24) is 5.32 Å². The molecule has 2 bridgehead atoms. The van der Waals surface area contributed by atoms with Crippen LogP contribution < -0.4 is 19.7 Å². The Kier molecular flexibility index (Phi) is 3.42. The summed E-state index contributed by atoms with van der Waals surface area (Å²) >= 11 is 5.70. The van der Waals surface area contributed by atoms with Crippen LogP contribution in [0.3, 0.4) is 0 Å². The minimum Gasteiger partial charge on any atom is -0.495 e. The van der Waals surface area contributed by atoms with E-state index in [9.17, 15) is 0 Å². The van der Waals surface area contributed by atoms with Gasteiger partial charge in [-0.15, -0.1) is 0 Å². The quantitative estimate of drug-likeness (QED) is 0.839. The Morgan fingerprint density at radius 1 is 1.17 bits per heavy atom. The maximum Gasteiger partial charge on any atom is 0.191 e. The van der Waals surface area contributed by atoms with E-state index in [1.165, 1.54) is 0 Å². The van der Waals surface area contributed by atoms with Crippen molar-refractivity contribution in [1.29, 1.82) is 0 Å². The number of thiocarbonyl (C=S) groups is 1. The predicted molar refractivity (Wildman–Crippen MR) is 98.6 cm³/mol. The van der Waals surface area contributed by atoms with E-state index in [4.69, 9.17) is 21.7 Å². The first-order valence-corrected chi connectivity index (χ1v) is 8.49. The molecule has 0 unspecified atom stereocenters. The molecule has 1 saturated heterocycles. The van der Waals surface area contributed by atoms with Crippen LogP contribution in [-0.2, 0) is 0 Å². The molecular weight excluding hydrogens is 320 g/mol. The number of benzene rings is 2. The van der Waals surface area contributed by atoms with Gasteiger partial charge in [0, 0.05) is 11.5 Å². The summed E-state index contributed by atoms with van der Waals surface area (Å²) in [7, 11) is 1.67. The molecule has 1 N–H and O–H groups in total. The molecule has 0 saturated carbocycles. The van der Waals surface area contributed by atoms with Gasteiger partial charge in [0.2, 0.25) is 0 Å². The number of anilines is 1. The van der Waals surface area contributed by atoms with Crippen molar-refractivity contribution in [3.8, 4) is 11.5 Å². The standard InChI is InChI=1S/C19H20N2O2S/c1-12-17-13-8-4-6-10-15(13)23-19(12,2)21(18(24)20-17)14-9-5-7-11-16(14)22-3/h4-12,17H,1-3H3,(H,20,24)/t12-,17-,19-/m0/s1. The predicted octanol–water partition coefficient (Wildman–Crippen LogP) is 3.88. The van der Waals surface area contributed by atoms with Crippen molar-refractivity contribution in [2.24, 2.45) is 5.92 Å². The van der Waals surface area contributed by atoms with Crippen LogP contribution >= 0.6 is 12.2 Å². The molecule has 1 fully saturated rings. The number of methoxy groups -OCH3 is 1. The second-order valence-corrected chi connectivity index (χ2v) is 6.80. The number of hydrogen-bond acceptors (Lipinski definition) is 3. The highest BCUT2D eigenvalue weighted by Crippen LogP contribution is 2.50. The number of fused-ring (bicyclic) bond motifs is 4. The average molecular weight is 340 g/mol. The zero-order valence-corrected chi connectivity index (χ0v) is 14.8. The molecule has 2 aliphatic heterocycles. The molecule has 5 heteroatoms. The van der Waals surface area contributed by atoms with E-state index in [-0.39, 0.29) is 12.0 Å². The van der Waals surface area contributed by atoms with Gasteiger partial charge in [0.25, 0.3) is 0 Å². The molecule has 24 heavy (non-hydrogen) atoms. The maximum absolute atomic E-state index is 6.48. The van der Waals surface area contributed by atoms with Gasteiger partial charge in [-0.25, -0.2) is 0 Å². The molecule has 4 nitrogen and oxygen atoms in total. The van der Waals surface area contributed by atoms with E-state index in [0.29, 0.717) is 5.11 Å². The third-order valence-corrected chi connectivity index (χ3v) is 5.47. The minimum absolute atomic E-state index is 0.137. The largest absolute Gasteiger partial charge is 0.495 e. The van der Waals surface area contributed by atoms with Crippen molar-refractivity contribution < 1.29 is 9.47 Å². The van der Waals surface area contributed by atoms with Crippen molar-refractivity contribution in [2.45, 2.75) is 25.6 Å². The summed E-state index contributed by atoms with van der Waals surface area (Å²) in [6.07, 6.45) is 0. The van der Waals surface area contributed by atoms with Gasteiger partial charge in [-0.1, -0.05) is 37.3 Å². The first-order valence-electron chi connectivity index (χ1n) is 8.08. The Bertz CT molecular complexity index is 809. The number of para-hydroxylation sites is 3. The normalized spacial score (nSPS) is 27.8. The van der Waals surface area contributed by atoms with Crippen LogP contribution in [0.15, 0.2) is 48.5 Å². The van der Waals surface area contributed by atoms with E-state index >= 15 is 0 Å². The molecule has 4 rings (SSSR count). The zero-order chi connectivity index (χ0) is 16.9. The molecule has 2 aromatic rings. The smallest absolute Gasteiger partial charge is 0.191 e. The van der Waals surface area contributed by atoms with Gasteiger partial charge in [-0.3, -0.25) is 4.90 Å². The van der Waals surface area contributed by atoms with Crippen LogP contribution in [0.25, 0.3) is 0 Å². The minimum atomic E-state index is -0.587. The molecule has 0 aromatic heterocycles. The van der Waals surface area contributed by atoms with Crippen LogP contribution in [-0.4, -0.2) is 17.9 Å². The van der Waals surface area contributed by atoms with E-state index < -0.39 is 5.72 Å². The maximum atomic E-state index is 6.48. The molecule has 0 aliphatic carbocycles. The summed E-state index contributed by atoms with van der Waals surface area (Å²) in [6, 6.07) is 16.2. The molecule has 0 radical (unpaired) electrons. The van der Waals surface area contributed by atoms with Crippen molar-refractivity contribution in [2.75, 3.05) is 12.0 Å². The van der Waals surface area contributed by atoms with Crippen LogP contribution in [0.5, 0.6) is 11.5 Å². The molecular formula is C19H20N2O2S. The van der Waals surface area contributed by atoms with Gasteiger partial charge >= 0.3 is 0 Å². The van der Waals surface area contributed by atoms with Crippen LogP contribution in [0.1, 0.15) is 25.5 Å². The van der Waals surface area contributed by atoms with Crippen molar-refractivity contribution >= 4 is 23.0 Å². The van der Waals surface area contributed by atoms with E-state index in [2.05, 4.69) is 25.2 Å². The topological polar surface area (TPSA) is 33.7 Å². The lowest BCUT2D eigenvalue weighted by Crippen LogP contribution is -2.69. The van der Waals surface area contributed by atoms with Crippen molar-refractivity contribution in [3.63, 3.8) is 0 Å². The lowest BCUT2D eigenvalue weighted by atomic mass is 9.80. The third-order valence-electron chi connectivity index (χ3n) is 5.17. The van der Waals surface area contributed by atoms with Gasteiger partial charge in [0.15, 0.2) is 10.8 Å². The fourth-order valence-corrected chi connectivity index (χ4v) is 4.15.